The van der Waals surface area contributed by atoms with Gasteiger partial charge < -0.3 is 33.3 Å². The molecule has 1 amide bonds. The lowest BCUT2D eigenvalue weighted by Crippen LogP contribution is -3.00. The Bertz CT molecular complexity index is 1550. The number of anilines is 6. The number of aromatic nitrogens is 2. The highest BCUT2D eigenvalue weighted by atomic mass is 35.5. The van der Waals surface area contributed by atoms with E-state index in [1.165, 1.54) is 0 Å². The van der Waals surface area contributed by atoms with E-state index in [1.807, 2.05) is 105 Å². The molecule has 0 atom stereocenters. The van der Waals surface area contributed by atoms with Crippen molar-refractivity contribution in [2.45, 2.75) is 0 Å². The Labute approximate surface area is 228 Å². The third-order valence-corrected chi connectivity index (χ3v) is 6.06. The van der Waals surface area contributed by atoms with Gasteiger partial charge in [-0.05, 0) is 66.7 Å². The number of hydrogen-bond acceptors (Lipinski definition) is 5. The van der Waals surface area contributed by atoms with Crippen LogP contribution in [0.4, 0.5) is 34.1 Å². The molecule has 3 aromatic carbocycles. The van der Waals surface area contributed by atoms with Crippen LogP contribution in [-0.2, 0) is 7.05 Å². The second-order valence-corrected chi connectivity index (χ2v) is 9.07. The van der Waals surface area contributed by atoms with Crippen LogP contribution in [0.3, 0.4) is 0 Å². The van der Waals surface area contributed by atoms with E-state index >= 15 is 0 Å². The number of hydrogen-bond donors (Lipinski definition) is 3. The number of halogens is 1. The summed E-state index contributed by atoms with van der Waals surface area (Å²) in [6, 6.07) is 27.3. The first-order valence-electron chi connectivity index (χ1n) is 12.0. The number of nitrogens with one attached hydrogen (secondary N) is 3. The predicted molar refractivity (Wildman–Crippen MR) is 151 cm³/mol. The summed E-state index contributed by atoms with van der Waals surface area (Å²) in [5, 5.41) is 10.8. The summed E-state index contributed by atoms with van der Waals surface area (Å²) in [4.78, 5) is 19.5. The van der Waals surface area contributed by atoms with Crippen molar-refractivity contribution in [1.29, 1.82) is 0 Å². The summed E-state index contributed by atoms with van der Waals surface area (Å²) < 4.78 is 1.97. The number of aryl methyl sites for hydroxylation is 1. The van der Waals surface area contributed by atoms with Crippen molar-refractivity contribution in [2.75, 3.05) is 34.9 Å². The van der Waals surface area contributed by atoms with E-state index < -0.39 is 0 Å². The van der Waals surface area contributed by atoms with Crippen LogP contribution < -0.4 is 37.8 Å². The fraction of sp³-hybridized carbons (Fsp3) is 0.100. The first-order chi connectivity index (χ1) is 17.9. The summed E-state index contributed by atoms with van der Waals surface area (Å²) in [6.07, 6.45) is 5.74. The molecular weight excluding hydrogens is 496 g/mol. The number of carbonyl (C=O) groups is 1. The molecular formula is C30H29ClN6O. The Hall–Kier alpha value is -4.62. The maximum absolute atomic E-state index is 12.9. The molecule has 192 valence electrons. The van der Waals surface area contributed by atoms with Crippen molar-refractivity contribution < 1.29 is 21.8 Å². The third kappa shape index (κ3) is 6.19. The molecule has 2 aromatic heterocycles. The number of fused-ring (bicyclic) bond motifs is 1. The van der Waals surface area contributed by atoms with E-state index in [4.69, 9.17) is 0 Å². The fourth-order valence-electron chi connectivity index (χ4n) is 4.01. The molecule has 38 heavy (non-hydrogen) atoms. The van der Waals surface area contributed by atoms with E-state index in [0.29, 0.717) is 5.56 Å². The highest BCUT2D eigenvalue weighted by Gasteiger charge is 2.09. The van der Waals surface area contributed by atoms with E-state index in [1.54, 1.807) is 12.3 Å². The number of rotatable bonds is 7. The molecule has 0 aliphatic rings. The molecule has 0 bridgehead atoms. The Balaban J connectivity index is 0.00000336. The number of nitrogens with zero attached hydrogens (tertiary/aromatic N) is 3. The van der Waals surface area contributed by atoms with Gasteiger partial charge in [0.1, 0.15) is 7.05 Å². The number of pyridine rings is 2. The molecule has 0 spiro atoms. The van der Waals surface area contributed by atoms with Crippen LogP contribution in [0, 0.1) is 0 Å². The predicted octanol–water partition coefficient (Wildman–Crippen LogP) is 2.87. The Morgan fingerprint density at radius 2 is 1.50 bits per heavy atom. The van der Waals surface area contributed by atoms with Crippen LogP contribution in [0.5, 0.6) is 0 Å². The van der Waals surface area contributed by atoms with Crippen LogP contribution in [-0.4, -0.2) is 25.0 Å². The Morgan fingerprint density at radius 3 is 2.24 bits per heavy atom. The van der Waals surface area contributed by atoms with Crippen LogP contribution in [0.15, 0.2) is 104 Å². The highest BCUT2D eigenvalue weighted by molar-refractivity contribution is 6.05. The van der Waals surface area contributed by atoms with Gasteiger partial charge in [0.25, 0.3) is 5.91 Å². The molecule has 7 nitrogen and oxygen atoms in total. The minimum atomic E-state index is -0.167. The van der Waals surface area contributed by atoms with E-state index in [-0.39, 0.29) is 18.3 Å². The SMILES string of the molecule is CN(C)c1ccc2nccc(Nc3ccc(NC(=O)c4cccc(Nc5cc[n+](C)cc5)c4)cc3)c2c1.[Cl-]. The molecule has 0 unspecified atom stereocenters. The fourth-order valence-corrected chi connectivity index (χ4v) is 4.01. The first-order valence-corrected chi connectivity index (χ1v) is 12.0. The Kier molecular flexibility index (Phi) is 8.09. The van der Waals surface area contributed by atoms with E-state index in [9.17, 15) is 4.79 Å². The zero-order chi connectivity index (χ0) is 25.8. The lowest BCUT2D eigenvalue weighted by atomic mass is 10.1. The van der Waals surface area contributed by atoms with Gasteiger partial charge in [-0.15, -0.1) is 0 Å². The normalized spacial score (nSPS) is 10.4. The summed E-state index contributed by atoms with van der Waals surface area (Å²) >= 11 is 0. The average Bonchev–Trinajstić information content (AvgIpc) is 2.91. The average molecular weight is 525 g/mol. The van der Waals surface area contributed by atoms with Crippen molar-refractivity contribution >= 4 is 50.9 Å². The molecule has 5 aromatic rings. The Morgan fingerprint density at radius 1 is 0.789 bits per heavy atom. The van der Waals surface area contributed by atoms with Crippen molar-refractivity contribution in [3.05, 3.63) is 109 Å². The molecule has 0 aliphatic heterocycles. The van der Waals surface area contributed by atoms with Gasteiger partial charge in [0.05, 0.1) is 11.2 Å². The molecule has 8 heteroatoms. The van der Waals surface area contributed by atoms with Crippen LogP contribution in [0.25, 0.3) is 10.9 Å². The molecule has 0 aliphatic carbocycles. The quantitative estimate of drug-likeness (QED) is 0.286. The molecule has 3 N–H and O–H groups in total. The van der Waals surface area contributed by atoms with Gasteiger partial charge in [0.2, 0.25) is 0 Å². The van der Waals surface area contributed by atoms with Crippen LogP contribution >= 0.6 is 0 Å². The number of amides is 1. The lowest BCUT2D eigenvalue weighted by molar-refractivity contribution is -0.671. The zero-order valence-corrected chi connectivity index (χ0v) is 22.2. The van der Waals surface area contributed by atoms with Crippen LogP contribution in [0.2, 0.25) is 0 Å². The molecule has 0 fully saturated rings. The summed E-state index contributed by atoms with van der Waals surface area (Å²) in [6.45, 7) is 0. The van der Waals surface area contributed by atoms with Gasteiger partial charge in [0.15, 0.2) is 12.4 Å². The van der Waals surface area contributed by atoms with Gasteiger partial charge in [0, 0.05) is 71.8 Å². The van der Waals surface area contributed by atoms with E-state index in [0.717, 1.165) is 45.0 Å². The van der Waals surface area contributed by atoms with Crippen molar-refractivity contribution in [3.63, 3.8) is 0 Å². The summed E-state index contributed by atoms with van der Waals surface area (Å²) in [5.74, 6) is -0.167. The third-order valence-electron chi connectivity index (χ3n) is 6.06. The molecule has 0 saturated carbocycles. The van der Waals surface area contributed by atoms with Gasteiger partial charge in [-0.3, -0.25) is 9.78 Å². The monoisotopic (exact) mass is 524 g/mol. The van der Waals surface area contributed by atoms with Crippen molar-refractivity contribution in [1.82, 2.24) is 4.98 Å². The maximum atomic E-state index is 12.9. The smallest absolute Gasteiger partial charge is 0.255 e. The maximum Gasteiger partial charge on any atom is 0.255 e. The molecule has 5 rings (SSSR count). The second-order valence-electron chi connectivity index (χ2n) is 9.07. The van der Waals surface area contributed by atoms with Gasteiger partial charge >= 0.3 is 0 Å². The molecule has 0 saturated heterocycles. The summed E-state index contributed by atoms with van der Waals surface area (Å²) in [7, 11) is 6.01. The molecule has 2 heterocycles. The van der Waals surface area contributed by atoms with Crippen LogP contribution in [0.1, 0.15) is 10.4 Å². The number of benzene rings is 3. The second kappa shape index (κ2) is 11.6. The minimum Gasteiger partial charge on any atom is -1.00 e. The zero-order valence-electron chi connectivity index (χ0n) is 21.4. The first kappa shape index (κ1) is 26.4. The summed E-state index contributed by atoms with van der Waals surface area (Å²) in [5.41, 5.74) is 7.04. The standard InChI is InChI=1S/C30H28N6O.ClH/c1-35(2)26-11-12-28-27(20-26)29(13-16-31-28)33-22-7-9-23(10-8-22)34-30(37)21-5-4-6-25(19-21)32-24-14-17-36(3)18-15-24;/h4-20H,1-3H3,(H2,31,33,34,37);1H. The van der Waals surface area contributed by atoms with Crippen molar-refractivity contribution in [2.24, 2.45) is 7.05 Å². The van der Waals surface area contributed by atoms with Gasteiger partial charge in [-0.25, -0.2) is 4.57 Å². The van der Waals surface area contributed by atoms with Crippen molar-refractivity contribution in [3.8, 4) is 0 Å². The number of carbonyl (C=O) groups excluding carboxylic acids is 1. The lowest BCUT2D eigenvalue weighted by Gasteiger charge is -2.15. The largest absolute Gasteiger partial charge is 1.00 e. The minimum absolute atomic E-state index is 0. The van der Waals surface area contributed by atoms with E-state index in [2.05, 4.69) is 38.0 Å². The molecule has 0 radical (unpaired) electrons. The topological polar surface area (TPSA) is 73.2 Å². The highest BCUT2D eigenvalue weighted by Crippen LogP contribution is 2.29. The van der Waals surface area contributed by atoms with Gasteiger partial charge in [-0.1, -0.05) is 6.07 Å². The van der Waals surface area contributed by atoms with Gasteiger partial charge in [-0.2, -0.15) is 0 Å².